The number of aryl methyl sites for hydroxylation is 1. The summed E-state index contributed by atoms with van der Waals surface area (Å²) in [6.45, 7) is 5.87. The van der Waals surface area contributed by atoms with Crippen LogP contribution in [0.1, 0.15) is 51.5 Å². The Morgan fingerprint density at radius 3 is 2.29 bits per heavy atom. The Bertz CT molecular complexity index is 647. The maximum Gasteiger partial charge on any atom is 0.241 e. The van der Waals surface area contributed by atoms with Gasteiger partial charge in [-0.25, -0.2) is 8.42 Å². The third-order valence-corrected chi connectivity index (χ3v) is 5.84. The fraction of sp³-hybridized carbons (Fsp3) is 0.611. The second-order valence-electron chi connectivity index (χ2n) is 7.11. The van der Waals surface area contributed by atoms with Crippen molar-refractivity contribution in [1.29, 1.82) is 0 Å². The van der Waals surface area contributed by atoms with Gasteiger partial charge in [0.05, 0.1) is 4.90 Å². The van der Waals surface area contributed by atoms with Crippen molar-refractivity contribution in [2.45, 2.75) is 69.9 Å². The quantitative estimate of drug-likeness (QED) is 0.792. The number of hydrogen-bond donors (Lipinski definition) is 2. The molecule has 0 radical (unpaired) electrons. The molecule has 0 aromatic heterocycles. The molecule has 0 spiro atoms. The van der Waals surface area contributed by atoms with Crippen LogP contribution in [0.25, 0.3) is 0 Å². The molecule has 134 valence electrons. The van der Waals surface area contributed by atoms with Gasteiger partial charge in [-0.1, -0.05) is 44.4 Å². The molecule has 0 aliphatic heterocycles. The van der Waals surface area contributed by atoms with E-state index in [1.807, 2.05) is 20.8 Å². The maximum absolute atomic E-state index is 12.6. The molecule has 1 fully saturated rings. The first kappa shape index (κ1) is 18.9. The topological polar surface area (TPSA) is 75.3 Å². The van der Waals surface area contributed by atoms with E-state index in [1.165, 1.54) is 0 Å². The minimum absolute atomic E-state index is 0.177. The molecule has 1 atom stereocenters. The molecule has 24 heavy (non-hydrogen) atoms. The van der Waals surface area contributed by atoms with Crippen LogP contribution in [-0.2, 0) is 14.8 Å². The van der Waals surface area contributed by atoms with Crippen molar-refractivity contribution in [3.05, 3.63) is 29.8 Å². The molecule has 1 aromatic rings. The first-order valence-electron chi connectivity index (χ1n) is 8.67. The largest absolute Gasteiger partial charge is 0.352 e. The van der Waals surface area contributed by atoms with E-state index in [0.29, 0.717) is 6.42 Å². The summed E-state index contributed by atoms with van der Waals surface area (Å²) in [5.74, 6) is -0.00340. The third-order valence-electron chi connectivity index (χ3n) is 4.35. The van der Waals surface area contributed by atoms with Gasteiger partial charge in [-0.3, -0.25) is 4.79 Å². The number of carbonyl (C=O) groups is 1. The molecule has 0 bridgehead atoms. The summed E-state index contributed by atoms with van der Waals surface area (Å²) in [6.07, 6.45) is 4.67. The summed E-state index contributed by atoms with van der Waals surface area (Å²) in [6, 6.07) is 6.08. The highest BCUT2D eigenvalue weighted by Gasteiger charge is 2.28. The van der Waals surface area contributed by atoms with Crippen LogP contribution in [0.15, 0.2) is 29.2 Å². The summed E-state index contributed by atoms with van der Waals surface area (Å²) in [5, 5.41) is 3.00. The van der Waals surface area contributed by atoms with Gasteiger partial charge in [0, 0.05) is 6.04 Å². The minimum Gasteiger partial charge on any atom is -0.352 e. The van der Waals surface area contributed by atoms with Gasteiger partial charge in [0.2, 0.25) is 15.9 Å². The normalized spacial score (nSPS) is 17.2. The van der Waals surface area contributed by atoms with Gasteiger partial charge in [0.25, 0.3) is 0 Å². The Morgan fingerprint density at radius 1 is 1.17 bits per heavy atom. The van der Waals surface area contributed by atoms with Crippen molar-refractivity contribution in [2.75, 3.05) is 0 Å². The first-order valence-corrected chi connectivity index (χ1v) is 10.2. The Hall–Kier alpha value is -1.40. The van der Waals surface area contributed by atoms with E-state index >= 15 is 0 Å². The summed E-state index contributed by atoms with van der Waals surface area (Å²) in [4.78, 5) is 12.8. The number of carbonyl (C=O) groups excluding carboxylic acids is 1. The number of rotatable bonds is 7. The van der Waals surface area contributed by atoms with Crippen LogP contribution in [0.2, 0.25) is 0 Å². The molecule has 0 heterocycles. The van der Waals surface area contributed by atoms with Crippen LogP contribution < -0.4 is 10.0 Å². The second kappa shape index (κ2) is 8.12. The van der Waals surface area contributed by atoms with Gasteiger partial charge >= 0.3 is 0 Å². The molecule has 6 heteroatoms. The van der Waals surface area contributed by atoms with E-state index in [9.17, 15) is 13.2 Å². The molecule has 0 unspecified atom stereocenters. The summed E-state index contributed by atoms with van der Waals surface area (Å²) in [5.41, 5.74) is 0.992. The van der Waals surface area contributed by atoms with Crippen molar-refractivity contribution in [3.8, 4) is 0 Å². The number of amides is 1. The lowest BCUT2D eigenvalue weighted by atomic mass is 10.0. The second-order valence-corrected chi connectivity index (χ2v) is 8.82. The minimum atomic E-state index is -3.71. The number of sulfonamides is 1. The Labute approximate surface area is 145 Å². The van der Waals surface area contributed by atoms with Crippen LogP contribution in [0.4, 0.5) is 0 Å². The Morgan fingerprint density at radius 2 is 1.75 bits per heavy atom. The fourth-order valence-corrected chi connectivity index (χ4v) is 4.23. The molecule has 1 aliphatic rings. The lowest BCUT2D eigenvalue weighted by molar-refractivity contribution is -0.123. The standard InChI is InChI=1S/C18H28N2O3S/c1-13(2)12-17(18(21)19-15-6-4-5-7-15)20-24(22,23)16-10-8-14(3)9-11-16/h8-11,13,15,17,20H,4-7,12H2,1-3H3,(H,19,21)/t17-/m0/s1. The molecule has 5 nitrogen and oxygen atoms in total. The van der Waals surface area contributed by atoms with Gasteiger partial charge in [-0.2, -0.15) is 4.72 Å². The zero-order valence-electron chi connectivity index (χ0n) is 14.7. The molecule has 1 amide bonds. The molecule has 1 aromatic carbocycles. The van der Waals surface area contributed by atoms with E-state index in [-0.39, 0.29) is 22.8 Å². The molecule has 1 saturated carbocycles. The zero-order valence-corrected chi connectivity index (χ0v) is 15.5. The van der Waals surface area contributed by atoms with Crippen molar-refractivity contribution in [2.24, 2.45) is 5.92 Å². The van der Waals surface area contributed by atoms with Gasteiger partial charge in [-0.15, -0.1) is 0 Å². The third kappa shape index (κ3) is 5.31. The summed E-state index contributed by atoms with van der Waals surface area (Å²) in [7, 11) is -3.71. The first-order chi connectivity index (χ1) is 11.3. The van der Waals surface area contributed by atoms with Crippen molar-refractivity contribution >= 4 is 15.9 Å². The highest BCUT2D eigenvalue weighted by atomic mass is 32.2. The Kier molecular flexibility index (Phi) is 6.40. The van der Waals surface area contributed by atoms with E-state index in [1.54, 1.807) is 24.3 Å². The monoisotopic (exact) mass is 352 g/mol. The van der Waals surface area contributed by atoms with Crippen LogP contribution in [0.3, 0.4) is 0 Å². The van der Waals surface area contributed by atoms with Crippen molar-refractivity contribution < 1.29 is 13.2 Å². The lowest BCUT2D eigenvalue weighted by Crippen LogP contribution is -2.49. The average molecular weight is 353 g/mol. The highest BCUT2D eigenvalue weighted by Crippen LogP contribution is 2.19. The fourth-order valence-electron chi connectivity index (χ4n) is 3.02. The van der Waals surface area contributed by atoms with Gasteiger partial charge in [0.1, 0.15) is 6.04 Å². The van der Waals surface area contributed by atoms with Crippen molar-refractivity contribution in [3.63, 3.8) is 0 Å². The van der Waals surface area contributed by atoms with E-state index in [2.05, 4.69) is 10.0 Å². The number of nitrogens with one attached hydrogen (secondary N) is 2. The van der Waals surface area contributed by atoms with E-state index < -0.39 is 16.1 Å². The molecule has 0 saturated heterocycles. The molecular weight excluding hydrogens is 324 g/mol. The van der Waals surface area contributed by atoms with E-state index in [0.717, 1.165) is 31.2 Å². The van der Waals surface area contributed by atoms with Gasteiger partial charge in [-0.05, 0) is 44.2 Å². The smallest absolute Gasteiger partial charge is 0.241 e. The summed E-state index contributed by atoms with van der Waals surface area (Å²) >= 11 is 0. The molecule has 2 N–H and O–H groups in total. The van der Waals surface area contributed by atoms with Crippen LogP contribution in [0, 0.1) is 12.8 Å². The number of benzene rings is 1. The number of hydrogen-bond acceptors (Lipinski definition) is 3. The zero-order chi connectivity index (χ0) is 17.7. The molecular formula is C18H28N2O3S. The van der Waals surface area contributed by atoms with Crippen LogP contribution in [-0.4, -0.2) is 26.4 Å². The molecule has 2 rings (SSSR count). The predicted octanol–water partition coefficient (Wildman–Crippen LogP) is 2.75. The summed E-state index contributed by atoms with van der Waals surface area (Å²) < 4.78 is 27.8. The van der Waals surface area contributed by atoms with Gasteiger partial charge in [0.15, 0.2) is 0 Å². The highest BCUT2D eigenvalue weighted by molar-refractivity contribution is 7.89. The maximum atomic E-state index is 12.6. The van der Waals surface area contributed by atoms with Crippen molar-refractivity contribution in [1.82, 2.24) is 10.0 Å². The van der Waals surface area contributed by atoms with Gasteiger partial charge < -0.3 is 5.32 Å². The van der Waals surface area contributed by atoms with E-state index in [4.69, 9.17) is 0 Å². The predicted molar refractivity (Wildman–Crippen MR) is 95.1 cm³/mol. The van der Waals surface area contributed by atoms with Crippen LogP contribution >= 0.6 is 0 Å². The average Bonchev–Trinajstić information content (AvgIpc) is 2.99. The SMILES string of the molecule is Cc1ccc(S(=O)(=O)N[C@@H](CC(C)C)C(=O)NC2CCCC2)cc1. The molecule has 1 aliphatic carbocycles. The Balaban J connectivity index is 2.11. The van der Waals surface area contributed by atoms with Crippen LogP contribution in [0.5, 0.6) is 0 Å². The lowest BCUT2D eigenvalue weighted by Gasteiger charge is -2.22.